The highest BCUT2D eigenvalue weighted by atomic mass is 32.2. The molecule has 31 heavy (non-hydrogen) atoms. The van der Waals surface area contributed by atoms with E-state index in [9.17, 15) is 23.4 Å². The van der Waals surface area contributed by atoms with Crippen molar-refractivity contribution in [3.63, 3.8) is 0 Å². The van der Waals surface area contributed by atoms with Crippen molar-refractivity contribution >= 4 is 45.8 Å². The Hall–Kier alpha value is -2.53. The van der Waals surface area contributed by atoms with E-state index in [1.807, 2.05) is 17.5 Å². The Morgan fingerprint density at radius 1 is 1.35 bits per heavy atom. The molecule has 3 rings (SSSR count). The molecule has 3 amide bonds. The largest absolute Gasteiger partial charge is 0.445 e. The summed E-state index contributed by atoms with van der Waals surface area (Å²) in [6.07, 6.45) is 1.99. The van der Waals surface area contributed by atoms with Crippen molar-refractivity contribution in [1.29, 1.82) is 0 Å². The Bertz CT molecular complexity index is 883. The molecule has 3 heterocycles. The number of alkyl carbamates (subject to hydrolysis) is 1. The molecule has 1 saturated heterocycles. The van der Waals surface area contributed by atoms with Crippen LogP contribution in [0.3, 0.4) is 0 Å². The summed E-state index contributed by atoms with van der Waals surface area (Å²) in [4.78, 5) is 49.3. The molecule has 3 unspecified atom stereocenters. The van der Waals surface area contributed by atoms with Gasteiger partial charge in [-0.2, -0.15) is 0 Å². The summed E-state index contributed by atoms with van der Waals surface area (Å²) in [6, 6.07) is 2.88. The van der Waals surface area contributed by atoms with Gasteiger partial charge in [-0.15, -0.1) is 11.3 Å². The molecule has 0 aromatic carbocycles. The van der Waals surface area contributed by atoms with Gasteiger partial charge in [-0.1, -0.05) is 13.5 Å². The van der Waals surface area contributed by atoms with Crippen molar-refractivity contribution in [2.45, 2.75) is 45.0 Å². The maximum absolute atomic E-state index is 12.6. The topological polar surface area (TPSA) is 122 Å². The van der Waals surface area contributed by atoms with Crippen LogP contribution in [-0.2, 0) is 36.3 Å². The molecule has 0 saturated carbocycles. The molecule has 1 fully saturated rings. The molecule has 0 bridgehead atoms. The first-order chi connectivity index (χ1) is 14.3. The van der Waals surface area contributed by atoms with Crippen LogP contribution >= 0.6 is 11.3 Å². The van der Waals surface area contributed by atoms with Gasteiger partial charge in [0.05, 0.1) is 23.0 Å². The third kappa shape index (κ3) is 6.47. The maximum atomic E-state index is 12.6. The number of fused-ring (bicyclic) bond motifs is 1. The lowest BCUT2D eigenvalue weighted by Crippen LogP contribution is -2.71. The summed E-state index contributed by atoms with van der Waals surface area (Å²) in [6.45, 7) is 1.72. The molecule has 1 aromatic rings. The van der Waals surface area contributed by atoms with E-state index in [-0.39, 0.29) is 43.8 Å². The van der Waals surface area contributed by atoms with E-state index in [1.54, 1.807) is 6.20 Å². The molecule has 2 aliphatic heterocycles. The van der Waals surface area contributed by atoms with E-state index < -0.39 is 28.3 Å². The highest BCUT2D eigenvalue weighted by Gasteiger charge is 2.52. The van der Waals surface area contributed by atoms with Crippen molar-refractivity contribution in [1.82, 2.24) is 15.5 Å². The van der Waals surface area contributed by atoms with E-state index in [1.165, 1.54) is 23.2 Å². The summed E-state index contributed by atoms with van der Waals surface area (Å²) < 4.78 is 17.7. The normalized spacial score (nSPS) is 21.7. The molecule has 1 aromatic heterocycles. The molecule has 3 atom stereocenters. The zero-order chi connectivity index (χ0) is 21.7. The second-order valence-electron chi connectivity index (χ2n) is 7.06. The van der Waals surface area contributed by atoms with Crippen molar-refractivity contribution in [3.8, 4) is 0 Å². The minimum atomic E-state index is -1.42. The summed E-state index contributed by atoms with van der Waals surface area (Å²) in [5.41, 5.74) is 0.556. The predicted molar refractivity (Wildman–Crippen MR) is 118 cm³/mol. The zero-order valence-electron chi connectivity index (χ0n) is 16.4. The van der Waals surface area contributed by atoms with Crippen LogP contribution in [-0.4, -0.2) is 63.1 Å². The second kappa shape index (κ2) is 11.2. The van der Waals surface area contributed by atoms with E-state index >= 15 is 0 Å². The van der Waals surface area contributed by atoms with Gasteiger partial charge in [0, 0.05) is 24.0 Å². The number of Topliss-reactive ketones (excluding diaryl/α,β-unsaturated/α-hetero) is 1. The number of ether oxygens (including phenoxy) is 1. The summed E-state index contributed by atoms with van der Waals surface area (Å²) >= 11 is 1.46. The Balaban J connectivity index is 0.00000341. The summed E-state index contributed by atoms with van der Waals surface area (Å²) in [5, 5.41) is 6.47. The van der Waals surface area contributed by atoms with Crippen LogP contribution in [0.4, 0.5) is 4.79 Å². The predicted octanol–water partition coefficient (Wildman–Crippen LogP) is 1.32. The molecule has 9 nitrogen and oxygen atoms in total. The highest BCUT2D eigenvalue weighted by molar-refractivity contribution is 7.86. The zero-order valence-corrected chi connectivity index (χ0v) is 18.1. The Labute approximate surface area is 187 Å². The van der Waals surface area contributed by atoms with Gasteiger partial charge in [0.15, 0.2) is 0 Å². The molecule has 11 heteroatoms. The highest BCUT2D eigenvalue weighted by Crippen LogP contribution is 2.29. The fourth-order valence-electron chi connectivity index (χ4n) is 3.15. The van der Waals surface area contributed by atoms with Gasteiger partial charge in [-0.3, -0.25) is 18.7 Å². The minimum absolute atomic E-state index is 0. The van der Waals surface area contributed by atoms with Crippen molar-refractivity contribution in [2.75, 3.05) is 18.9 Å². The van der Waals surface area contributed by atoms with E-state index in [2.05, 4.69) is 10.6 Å². The van der Waals surface area contributed by atoms with Gasteiger partial charge in [-0.25, -0.2) is 4.79 Å². The molecule has 0 spiro atoms. The fourth-order valence-corrected chi connectivity index (χ4v) is 5.45. The number of β-lactam (4-membered cyclic amide) rings is 1. The van der Waals surface area contributed by atoms with E-state index in [0.29, 0.717) is 25.0 Å². The van der Waals surface area contributed by atoms with E-state index in [0.717, 1.165) is 4.88 Å². The monoisotopic (exact) mass is 469 g/mol. The molecular formula is C20H27N3O6S2. The molecular weight excluding hydrogens is 442 g/mol. The van der Waals surface area contributed by atoms with Crippen LogP contribution in [0.15, 0.2) is 29.3 Å². The quantitative estimate of drug-likeness (QED) is 0.416. The number of rotatable bonds is 9. The smallest absolute Gasteiger partial charge is 0.407 e. The number of nitrogens with one attached hydrogen (secondary N) is 2. The number of carbonyl (C=O) groups excluding carboxylic acids is 4. The van der Waals surface area contributed by atoms with Crippen LogP contribution in [0.25, 0.3) is 0 Å². The van der Waals surface area contributed by atoms with Gasteiger partial charge in [0.2, 0.25) is 5.91 Å². The van der Waals surface area contributed by atoms with E-state index in [4.69, 9.17) is 4.74 Å². The molecule has 170 valence electrons. The van der Waals surface area contributed by atoms with Gasteiger partial charge < -0.3 is 20.2 Å². The van der Waals surface area contributed by atoms with Gasteiger partial charge in [-0.05, 0) is 30.4 Å². The SMILES string of the molecule is C.CC(=O)CCCNC(=O)OCC1=CN2C(=O)C(NC(=O)Cc3cccs3)C2S(=O)C1. The number of nitrogens with zero attached hydrogens (tertiary/aromatic N) is 1. The number of hydrogen-bond donors (Lipinski definition) is 2. The van der Waals surface area contributed by atoms with Crippen LogP contribution < -0.4 is 10.6 Å². The average molecular weight is 470 g/mol. The van der Waals surface area contributed by atoms with Crippen LogP contribution in [0.1, 0.15) is 32.1 Å². The van der Waals surface area contributed by atoms with Crippen LogP contribution in [0.5, 0.6) is 0 Å². The van der Waals surface area contributed by atoms with Crippen LogP contribution in [0.2, 0.25) is 0 Å². The standard InChI is InChI=1S/C19H23N3O6S2.CH4/c1-12(23)4-2-6-20-19(26)28-10-13-9-22-17(25)16(18(22)30(27)11-13)21-15(24)8-14-5-3-7-29-14;/h3,5,7,9,16,18H,2,4,6,8,10-11H2,1H3,(H,20,26)(H,21,24);1H4. The van der Waals surface area contributed by atoms with Gasteiger partial charge in [0.1, 0.15) is 23.8 Å². The van der Waals surface area contributed by atoms with Gasteiger partial charge >= 0.3 is 6.09 Å². The molecule has 0 aliphatic carbocycles. The Kier molecular flexibility index (Phi) is 8.93. The van der Waals surface area contributed by atoms with Crippen LogP contribution in [0, 0.1) is 0 Å². The number of amides is 3. The number of thiophene rings is 1. The Morgan fingerprint density at radius 2 is 2.13 bits per heavy atom. The van der Waals surface area contributed by atoms with Crippen molar-refractivity contribution in [3.05, 3.63) is 34.2 Å². The summed E-state index contributed by atoms with van der Waals surface area (Å²) in [5.74, 6) is -0.413. The fraction of sp³-hybridized carbons (Fsp3) is 0.500. The lowest BCUT2D eigenvalue weighted by molar-refractivity contribution is -0.145. The van der Waals surface area contributed by atoms with Crippen molar-refractivity contribution < 1.29 is 28.1 Å². The number of carbonyl (C=O) groups is 4. The average Bonchev–Trinajstić information content (AvgIpc) is 3.20. The minimum Gasteiger partial charge on any atom is -0.445 e. The lowest BCUT2D eigenvalue weighted by atomic mass is 10.1. The first-order valence-corrected chi connectivity index (χ1v) is 11.7. The molecule has 2 aliphatic rings. The molecule has 2 N–H and O–H groups in total. The number of ketones is 1. The first kappa shape index (κ1) is 24.7. The van der Waals surface area contributed by atoms with Crippen molar-refractivity contribution in [2.24, 2.45) is 0 Å². The summed E-state index contributed by atoms with van der Waals surface area (Å²) in [7, 11) is -1.42. The third-order valence-corrected chi connectivity index (χ3v) is 7.16. The third-order valence-electron chi connectivity index (χ3n) is 4.59. The maximum Gasteiger partial charge on any atom is 0.407 e. The Morgan fingerprint density at radius 3 is 2.81 bits per heavy atom. The number of hydrogen-bond acceptors (Lipinski definition) is 7. The lowest BCUT2D eigenvalue weighted by Gasteiger charge is -2.46. The molecule has 0 radical (unpaired) electrons. The van der Waals surface area contributed by atoms with Gasteiger partial charge in [0.25, 0.3) is 5.91 Å². The first-order valence-electron chi connectivity index (χ1n) is 9.46. The second-order valence-corrected chi connectivity index (χ2v) is 9.62.